The lowest BCUT2D eigenvalue weighted by Crippen LogP contribution is -2.44. The second-order valence-electron chi connectivity index (χ2n) is 9.03. The fourth-order valence-electron chi connectivity index (χ4n) is 4.79. The molecule has 1 aliphatic carbocycles. The fourth-order valence-corrected chi connectivity index (χ4v) is 4.92. The van der Waals surface area contributed by atoms with Crippen molar-refractivity contribution in [3.63, 3.8) is 0 Å². The van der Waals surface area contributed by atoms with E-state index >= 15 is 0 Å². The molecule has 4 rings (SSSR count). The normalized spacial score (nSPS) is 25.8. The average molecular weight is 428 g/mol. The van der Waals surface area contributed by atoms with E-state index in [1.807, 2.05) is 68.4 Å². The Morgan fingerprint density at radius 1 is 1.10 bits per heavy atom. The van der Waals surface area contributed by atoms with Crippen LogP contribution in [0.15, 0.2) is 54.6 Å². The number of halogens is 1. The predicted octanol–water partition coefficient (Wildman–Crippen LogP) is 4.53. The van der Waals surface area contributed by atoms with Gasteiger partial charge in [-0.25, -0.2) is 0 Å². The molecule has 1 N–H and O–H groups in total. The molecule has 0 aromatic heterocycles. The second kappa shape index (κ2) is 8.33. The molecule has 2 aliphatic rings. The fraction of sp³-hybridized carbons (Fsp3) is 0.480. The highest BCUT2D eigenvalue weighted by Gasteiger charge is 2.62. The number of esters is 1. The molecular weight excluding hydrogens is 398 g/mol. The molecule has 30 heavy (non-hydrogen) atoms. The van der Waals surface area contributed by atoms with Crippen molar-refractivity contribution >= 4 is 17.6 Å². The minimum atomic E-state index is -0.808. The Balaban J connectivity index is 1.42. The Bertz CT molecular complexity index is 875. The van der Waals surface area contributed by atoms with Crippen LogP contribution in [0.5, 0.6) is 0 Å². The molecule has 0 radical (unpaired) electrons. The SMILES string of the molecule is CC(C)OC(=O)[C@]1(c2ccccc2)C[C@H]1CN1CCC(O)(c2ccc(Cl)cc2)CC1. The quantitative estimate of drug-likeness (QED) is 0.688. The topological polar surface area (TPSA) is 49.8 Å². The first-order chi connectivity index (χ1) is 14.3. The Morgan fingerprint density at radius 2 is 1.73 bits per heavy atom. The molecule has 0 amide bonds. The third-order valence-corrected chi connectivity index (χ3v) is 6.90. The maximum absolute atomic E-state index is 13.0. The minimum absolute atomic E-state index is 0.108. The summed E-state index contributed by atoms with van der Waals surface area (Å²) in [5, 5.41) is 11.8. The van der Waals surface area contributed by atoms with Crippen LogP contribution in [-0.4, -0.2) is 41.7 Å². The molecule has 1 saturated heterocycles. The Labute approximate surface area is 183 Å². The Kier molecular flexibility index (Phi) is 5.93. The zero-order valence-electron chi connectivity index (χ0n) is 17.7. The summed E-state index contributed by atoms with van der Waals surface area (Å²) in [6, 6.07) is 17.5. The molecule has 0 spiro atoms. The van der Waals surface area contributed by atoms with Crippen molar-refractivity contribution in [3.8, 4) is 0 Å². The van der Waals surface area contributed by atoms with Gasteiger partial charge in [-0.3, -0.25) is 4.79 Å². The van der Waals surface area contributed by atoms with E-state index < -0.39 is 11.0 Å². The first-order valence-corrected chi connectivity index (χ1v) is 11.2. The molecule has 2 aromatic rings. The maximum Gasteiger partial charge on any atom is 0.317 e. The van der Waals surface area contributed by atoms with Gasteiger partial charge in [0.25, 0.3) is 0 Å². The number of hydrogen-bond donors (Lipinski definition) is 1. The third-order valence-electron chi connectivity index (χ3n) is 6.64. The molecule has 1 aliphatic heterocycles. The van der Waals surface area contributed by atoms with E-state index in [2.05, 4.69) is 4.90 Å². The number of carbonyl (C=O) groups is 1. The first-order valence-electron chi connectivity index (χ1n) is 10.8. The lowest BCUT2D eigenvalue weighted by atomic mass is 9.84. The smallest absolute Gasteiger partial charge is 0.317 e. The van der Waals surface area contributed by atoms with Gasteiger partial charge >= 0.3 is 5.97 Å². The summed E-state index contributed by atoms with van der Waals surface area (Å²) in [7, 11) is 0. The average Bonchev–Trinajstić information content (AvgIpc) is 3.46. The van der Waals surface area contributed by atoms with Crippen LogP contribution in [0.4, 0.5) is 0 Å². The van der Waals surface area contributed by atoms with Gasteiger partial charge in [0.15, 0.2) is 0 Å². The standard InChI is InChI=1S/C25H30ClNO3/c1-18(2)30-23(28)25(20-6-4-3-5-7-20)16-21(25)17-27-14-12-24(29,13-15-27)19-8-10-22(26)11-9-19/h3-11,18,21,29H,12-17H2,1-2H3/t21-,25-/m0/s1. The van der Waals surface area contributed by atoms with E-state index in [1.54, 1.807) is 0 Å². The molecule has 1 saturated carbocycles. The number of rotatable bonds is 6. The van der Waals surface area contributed by atoms with Crippen molar-refractivity contribution < 1.29 is 14.6 Å². The summed E-state index contributed by atoms with van der Waals surface area (Å²) >= 11 is 5.99. The first kappa shape index (κ1) is 21.4. The van der Waals surface area contributed by atoms with Crippen molar-refractivity contribution in [2.24, 2.45) is 5.92 Å². The van der Waals surface area contributed by atoms with Crippen LogP contribution in [0, 0.1) is 5.92 Å². The Morgan fingerprint density at radius 3 is 2.33 bits per heavy atom. The molecule has 2 fully saturated rings. The highest BCUT2D eigenvalue weighted by molar-refractivity contribution is 6.30. The van der Waals surface area contributed by atoms with Crippen molar-refractivity contribution in [2.75, 3.05) is 19.6 Å². The van der Waals surface area contributed by atoms with Crippen LogP contribution in [0.1, 0.15) is 44.2 Å². The van der Waals surface area contributed by atoms with E-state index in [0.717, 1.165) is 37.2 Å². The second-order valence-corrected chi connectivity index (χ2v) is 9.47. The van der Waals surface area contributed by atoms with Gasteiger partial charge in [-0.2, -0.15) is 0 Å². The van der Waals surface area contributed by atoms with Gasteiger partial charge in [0.05, 0.1) is 17.1 Å². The Hall–Kier alpha value is -1.88. The maximum atomic E-state index is 13.0. The molecule has 5 heteroatoms. The van der Waals surface area contributed by atoms with Gasteiger partial charge in [-0.05, 0) is 62.3 Å². The lowest BCUT2D eigenvalue weighted by molar-refractivity contribution is -0.151. The van der Waals surface area contributed by atoms with Gasteiger partial charge in [-0.15, -0.1) is 0 Å². The lowest BCUT2D eigenvalue weighted by Gasteiger charge is -2.39. The summed E-state index contributed by atoms with van der Waals surface area (Å²) in [4.78, 5) is 15.4. The van der Waals surface area contributed by atoms with Gasteiger partial charge in [0.1, 0.15) is 0 Å². The van der Waals surface area contributed by atoms with E-state index in [-0.39, 0.29) is 18.0 Å². The van der Waals surface area contributed by atoms with Gasteiger partial charge in [0.2, 0.25) is 0 Å². The number of ether oxygens (including phenoxy) is 1. The zero-order chi connectivity index (χ0) is 21.4. The van der Waals surface area contributed by atoms with Crippen molar-refractivity contribution in [3.05, 3.63) is 70.7 Å². The molecule has 2 atom stereocenters. The van der Waals surface area contributed by atoms with Crippen molar-refractivity contribution in [1.82, 2.24) is 4.90 Å². The van der Waals surface area contributed by atoms with Crippen LogP contribution in [0.2, 0.25) is 5.02 Å². The van der Waals surface area contributed by atoms with E-state index in [4.69, 9.17) is 16.3 Å². The summed E-state index contributed by atoms with van der Waals surface area (Å²) < 4.78 is 5.64. The van der Waals surface area contributed by atoms with Crippen LogP contribution < -0.4 is 0 Å². The summed E-state index contributed by atoms with van der Waals surface area (Å²) in [6.07, 6.45) is 2.05. The number of nitrogens with zero attached hydrogens (tertiary/aromatic N) is 1. The highest BCUT2D eigenvalue weighted by Crippen LogP contribution is 2.56. The van der Waals surface area contributed by atoms with Crippen molar-refractivity contribution in [2.45, 2.75) is 50.2 Å². The summed E-state index contributed by atoms with van der Waals surface area (Å²) in [5.41, 5.74) is 0.639. The van der Waals surface area contributed by atoms with E-state index in [9.17, 15) is 9.90 Å². The van der Waals surface area contributed by atoms with Gasteiger partial charge in [0, 0.05) is 24.7 Å². The zero-order valence-corrected chi connectivity index (χ0v) is 18.4. The van der Waals surface area contributed by atoms with E-state index in [0.29, 0.717) is 17.9 Å². The highest BCUT2D eigenvalue weighted by atomic mass is 35.5. The number of hydrogen-bond acceptors (Lipinski definition) is 4. The van der Waals surface area contributed by atoms with Crippen LogP contribution in [0.25, 0.3) is 0 Å². The summed E-state index contributed by atoms with van der Waals surface area (Å²) in [5.74, 6) is 0.135. The number of aliphatic hydroxyl groups is 1. The number of carbonyl (C=O) groups excluding carboxylic acids is 1. The monoisotopic (exact) mass is 427 g/mol. The predicted molar refractivity (Wildman–Crippen MR) is 118 cm³/mol. The van der Waals surface area contributed by atoms with Crippen molar-refractivity contribution in [1.29, 1.82) is 0 Å². The van der Waals surface area contributed by atoms with E-state index in [1.165, 1.54) is 0 Å². The third kappa shape index (κ3) is 4.14. The molecule has 0 bridgehead atoms. The minimum Gasteiger partial charge on any atom is -0.462 e. The molecule has 1 heterocycles. The molecular formula is C25H30ClNO3. The molecule has 160 valence electrons. The number of piperidine rings is 1. The number of benzene rings is 2. The van der Waals surface area contributed by atoms with Crippen LogP contribution >= 0.6 is 11.6 Å². The van der Waals surface area contributed by atoms with Gasteiger partial charge in [-0.1, -0.05) is 54.1 Å². The largest absolute Gasteiger partial charge is 0.462 e. The molecule has 2 aromatic carbocycles. The van der Waals surface area contributed by atoms with Crippen LogP contribution in [-0.2, 0) is 20.5 Å². The van der Waals surface area contributed by atoms with Gasteiger partial charge < -0.3 is 14.7 Å². The number of likely N-dealkylation sites (tertiary alicyclic amines) is 1. The summed E-state index contributed by atoms with van der Waals surface area (Å²) in [6.45, 7) is 6.25. The molecule has 0 unspecified atom stereocenters. The molecule has 4 nitrogen and oxygen atoms in total. The van der Waals surface area contributed by atoms with Crippen LogP contribution in [0.3, 0.4) is 0 Å².